The fourth-order valence-corrected chi connectivity index (χ4v) is 3.22. The molecule has 1 fully saturated rings. The average molecular weight is 384 g/mol. The molecule has 126 valence electrons. The molecule has 0 spiro atoms. The minimum absolute atomic E-state index is 0.124. The van der Waals surface area contributed by atoms with Gasteiger partial charge in [-0.05, 0) is 42.8 Å². The number of carbonyl (C=O) groups excluding carboxylic acids is 1. The van der Waals surface area contributed by atoms with Gasteiger partial charge < -0.3 is 25.0 Å². The summed E-state index contributed by atoms with van der Waals surface area (Å²) in [6.07, 6.45) is -0.263. The van der Waals surface area contributed by atoms with E-state index in [4.69, 9.17) is 15.2 Å². The number of nitrogen functional groups attached to an aromatic ring is 1. The number of hydrogen-bond acceptors (Lipinski definition) is 5. The zero-order valence-corrected chi connectivity index (χ0v) is 15.2. The molecule has 2 aliphatic heterocycles. The van der Waals surface area contributed by atoms with Crippen LogP contribution in [0.25, 0.3) is 0 Å². The van der Waals surface area contributed by atoms with Crippen molar-refractivity contribution in [1.82, 2.24) is 4.90 Å². The van der Waals surface area contributed by atoms with Gasteiger partial charge in [-0.25, -0.2) is 4.79 Å². The van der Waals surface area contributed by atoms with Crippen molar-refractivity contribution in [3.8, 4) is 5.75 Å². The lowest BCUT2D eigenvalue weighted by molar-refractivity contribution is 0.0195. The van der Waals surface area contributed by atoms with Gasteiger partial charge in [0.15, 0.2) is 0 Å². The molecule has 1 unspecified atom stereocenters. The predicted molar refractivity (Wildman–Crippen MR) is 93.0 cm³/mol. The average Bonchev–Trinajstić information content (AvgIpc) is 2.46. The lowest BCUT2D eigenvalue weighted by Gasteiger charge is -2.45. The van der Waals surface area contributed by atoms with E-state index in [0.717, 1.165) is 22.5 Å². The Kier molecular flexibility index (Phi) is 4.08. The fourth-order valence-electron chi connectivity index (χ4n) is 2.89. The van der Waals surface area contributed by atoms with E-state index in [2.05, 4.69) is 20.8 Å². The Hall–Kier alpha value is -1.63. The molecule has 0 aromatic heterocycles. The molecule has 2 N–H and O–H groups in total. The minimum Gasteiger partial charge on any atom is -0.489 e. The Labute approximate surface area is 144 Å². The summed E-state index contributed by atoms with van der Waals surface area (Å²) in [7, 11) is 0. The third-order valence-corrected chi connectivity index (χ3v) is 4.64. The van der Waals surface area contributed by atoms with Gasteiger partial charge in [0, 0.05) is 35.9 Å². The molecule has 0 bridgehead atoms. The monoisotopic (exact) mass is 383 g/mol. The molecule has 0 aliphatic carbocycles. The van der Waals surface area contributed by atoms with E-state index in [0.29, 0.717) is 25.4 Å². The molecular weight excluding hydrogens is 362 g/mol. The number of nitrogens with zero attached hydrogens (tertiary/aromatic N) is 2. The maximum atomic E-state index is 12.3. The molecule has 0 radical (unpaired) electrons. The van der Waals surface area contributed by atoms with Crippen molar-refractivity contribution in [2.75, 3.05) is 36.9 Å². The van der Waals surface area contributed by atoms with Gasteiger partial charge in [-0.3, -0.25) is 0 Å². The van der Waals surface area contributed by atoms with Crippen LogP contribution in [0.2, 0.25) is 0 Å². The zero-order valence-electron chi connectivity index (χ0n) is 13.6. The molecule has 3 rings (SSSR count). The number of anilines is 2. The second-order valence-electron chi connectivity index (χ2n) is 6.93. The lowest BCUT2D eigenvalue weighted by atomic mass is 10.1. The molecule has 0 saturated carbocycles. The van der Waals surface area contributed by atoms with Crippen LogP contribution in [-0.2, 0) is 4.74 Å². The van der Waals surface area contributed by atoms with Gasteiger partial charge in [0.1, 0.15) is 18.0 Å². The first-order valence-electron chi connectivity index (χ1n) is 7.71. The summed E-state index contributed by atoms with van der Waals surface area (Å²) >= 11 is 3.47. The van der Waals surface area contributed by atoms with Crippen LogP contribution < -0.4 is 15.4 Å². The Morgan fingerprint density at radius 3 is 2.83 bits per heavy atom. The summed E-state index contributed by atoms with van der Waals surface area (Å²) < 4.78 is 12.2. The lowest BCUT2D eigenvalue weighted by Crippen LogP contribution is -2.59. The molecule has 1 saturated heterocycles. The maximum Gasteiger partial charge on any atom is 0.410 e. The van der Waals surface area contributed by atoms with Crippen LogP contribution in [-0.4, -0.2) is 48.9 Å². The number of ether oxygens (including phenoxy) is 2. The molecule has 1 atom stereocenters. The highest BCUT2D eigenvalue weighted by atomic mass is 79.9. The third-order valence-electron chi connectivity index (χ3n) is 3.95. The number of benzene rings is 1. The number of piperazine rings is 1. The highest BCUT2D eigenvalue weighted by Crippen LogP contribution is 2.40. The quantitative estimate of drug-likeness (QED) is 0.697. The Balaban J connectivity index is 1.75. The number of rotatable bonds is 0. The van der Waals surface area contributed by atoms with Crippen molar-refractivity contribution in [3.05, 3.63) is 16.6 Å². The number of amides is 1. The van der Waals surface area contributed by atoms with E-state index < -0.39 is 5.60 Å². The molecule has 7 heteroatoms. The Morgan fingerprint density at radius 2 is 2.13 bits per heavy atom. The summed E-state index contributed by atoms with van der Waals surface area (Å²) in [4.78, 5) is 16.3. The molecule has 1 aromatic carbocycles. The maximum absolute atomic E-state index is 12.3. The third kappa shape index (κ3) is 3.34. The van der Waals surface area contributed by atoms with Gasteiger partial charge >= 0.3 is 6.09 Å². The van der Waals surface area contributed by atoms with Gasteiger partial charge in [0.2, 0.25) is 0 Å². The smallest absolute Gasteiger partial charge is 0.410 e. The standard InChI is InChI=1S/C16H22BrN3O3/c1-16(2,3)23-15(21)19-4-5-20-10(8-19)9-22-14-7-12(18)11(17)6-13(14)20/h6-7,10H,4-5,8-9,18H2,1-3H3. The second kappa shape index (κ2) is 5.78. The van der Waals surface area contributed by atoms with Gasteiger partial charge in [0.05, 0.1) is 11.7 Å². The van der Waals surface area contributed by atoms with Crippen LogP contribution >= 0.6 is 15.9 Å². The molecule has 1 aromatic rings. The highest BCUT2D eigenvalue weighted by molar-refractivity contribution is 9.10. The number of fused-ring (bicyclic) bond motifs is 3. The summed E-state index contributed by atoms with van der Waals surface area (Å²) in [6, 6.07) is 3.95. The van der Waals surface area contributed by atoms with E-state index in [1.807, 2.05) is 32.9 Å². The van der Waals surface area contributed by atoms with E-state index in [1.54, 1.807) is 4.90 Å². The van der Waals surface area contributed by atoms with Crippen molar-refractivity contribution in [2.24, 2.45) is 0 Å². The van der Waals surface area contributed by atoms with Crippen molar-refractivity contribution in [3.63, 3.8) is 0 Å². The predicted octanol–water partition coefficient (Wildman–Crippen LogP) is 2.85. The van der Waals surface area contributed by atoms with Crippen molar-refractivity contribution in [1.29, 1.82) is 0 Å². The first-order chi connectivity index (χ1) is 10.7. The number of hydrogen-bond donors (Lipinski definition) is 1. The normalized spacial score (nSPS) is 20.4. The molecular formula is C16H22BrN3O3. The number of nitrogens with two attached hydrogens (primary N) is 1. The van der Waals surface area contributed by atoms with Crippen LogP contribution in [0.15, 0.2) is 16.6 Å². The Morgan fingerprint density at radius 1 is 1.39 bits per heavy atom. The van der Waals surface area contributed by atoms with E-state index in [1.165, 1.54) is 0 Å². The Bertz CT molecular complexity index is 630. The first kappa shape index (κ1) is 16.2. The number of carbonyl (C=O) groups is 1. The van der Waals surface area contributed by atoms with Gasteiger partial charge in [-0.1, -0.05) is 0 Å². The largest absolute Gasteiger partial charge is 0.489 e. The van der Waals surface area contributed by atoms with Gasteiger partial charge in [-0.15, -0.1) is 0 Å². The minimum atomic E-state index is -0.480. The second-order valence-corrected chi connectivity index (χ2v) is 7.78. The van der Waals surface area contributed by atoms with Crippen molar-refractivity contribution < 1.29 is 14.3 Å². The van der Waals surface area contributed by atoms with Crippen LogP contribution in [0, 0.1) is 0 Å². The fraction of sp³-hybridized carbons (Fsp3) is 0.562. The van der Waals surface area contributed by atoms with Crippen LogP contribution in [0.4, 0.5) is 16.2 Å². The summed E-state index contributed by atoms with van der Waals surface area (Å²) in [5.41, 5.74) is 7.12. The van der Waals surface area contributed by atoms with Gasteiger partial charge in [0.25, 0.3) is 0 Å². The summed E-state index contributed by atoms with van der Waals surface area (Å²) in [6.45, 7) is 8.14. The van der Waals surface area contributed by atoms with Crippen LogP contribution in [0.3, 0.4) is 0 Å². The molecule has 6 nitrogen and oxygen atoms in total. The number of halogens is 1. The zero-order chi connectivity index (χ0) is 16.8. The first-order valence-corrected chi connectivity index (χ1v) is 8.50. The molecule has 23 heavy (non-hydrogen) atoms. The topological polar surface area (TPSA) is 68.0 Å². The van der Waals surface area contributed by atoms with Crippen molar-refractivity contribution in [2.45, 2.75) is 32.4 Å². The van der Waals surface area contributed by atoms with Crippen molar-refractivity contribution >= 4 is 33.4 Å². The summed E-state index contributed by atoms with van der Waals surface area (Å²) in [5, 5.41) is 0. The summed E-state index contributed by atoms with van der Waals surface area (Å²) in [5.74, 6) is 0.799. The highest BCUT2D eigenvalue weighted by Gasteiger charge is 2.36. The molecule has 2 heterocycles. The molecule has 2 aliphatic rings. The van der Waals surface area contributed by atoms with Crippen LogP contribution in [0.5, 0.6) is 5.75 Å². The SMILES string of the molecule is CC(C)(C)OC(=O)N1CCN2c3cc(Br)c(N)cc3OCC2C1. The van der Waals surface area contributed by atoms with E-state index in [9.17, 15) is 4.79 Å². The van der Waals surface area contributed by atoms with E-state index in [-0.39, 0.29) is 12.1 Å². The van der Waals surface area contributed by atoms with Gasteiger partial charge in [-0.2, -0.15) is 0 Å². The molecule has 1 amide bonds. The van der Waals surface area contributed by atoms with Crippen LogP contribution in [0.1, 0.15) is 20.8 Å². The van der Waals surface area contributed by atoms with E-state index >= 15 is 0 Å².